The highest BCUT2D eigenvalue weighted by atomic mass is 32.2. The van der Waals surface area contributed by atoms with Crippen LogP contribution in [0.1, 0.15) is 40.1 Å². The van der Waals surface area contributed by atoms with Gasteiger partial charge in [-0.1, -0.05) is 43.7 Å². The molecule has 150 valence electrons. The molecule has 8 heteroatoms. The van der Waals surface area contributed by atoms with Crippen molar-refractivity contribution in [3.8, 4) is 0 Å². The molecule has 0 saturated heterocycles. The van der Waals surface area contributed by atoms with Crippen LogP contribution in [0.2, 0.25) is 0 Å². The van der Waals surface area contributed by atoms with Crippen LogP contribution >= 0.6 is 0 Å². The zero-order valence-electron chi connectivity index (χ0n) is 15.9. The van der Waals surface area contributed by atoms with Crippen LogP contribution in [0.25, 0.3) is 0 Å². The van der Waals surface area contributed by atoms with Crippen LogP contribution in [-0.2, 0) is 14.8 Å². The maximum atomic E-state index is 14.1. The Morgan fingerprint density at radius 2 is 1.57 bits per heavy atom. The quantitative estimate of drug-likeness (QED) is 0.496. The first kappa shape index (κ1) is 21.7. The minimum atomic E-state index is -4.08. The first-order valence-corrected chi connectivity index (χ1v) is 10.2. The summed E-state index contributed by atoms with van der Waals surface area (Å²) >= 11 is 0. The van der Waals surface area contributed by atoms with Crippen molar-refractivity contribution in [3.05, 3.63) is 65.0 Å². The summed E-state index contributed by atoms with van der Waals surface area (Å²) in [5, 5.41) is 0. The highest BCUT2D eigenvalue weighted by Crippen LogP contribution is 2.21. The lowest BCUT2D eigenvalue weighted by Gasteiger charge is -2.19. The second-order valence-electron chi connectivity index (χ2n) is 6.10. The van der Waals surface area contributed by atoms with Crippen LogP contribution in [0.4, 0.5) is 4.39 Å². The molecule has 2 aromatic carbocycles. The van der Waals surface area contributed by atoms with Crippen molar-refractivity contribution >= 4 is 21.8 Å². The molecule has 0 aliphatic heterocycles. The van der Waals surface area contributed by atoms with Crippen LogP contribution in [0, 0.1) is 12.7 Å². The van der Waals surface area contributed by atoms with Gasteiger partial charge in [-0.25, -0.2) is 17.6 Å². The largest absolute Gasteiger partial charge is 0.454 e. The van der Waals surface area contributed by atoms with Crippen LogP contribution in [0.15, 0.2) is 47.4 Å². The number of ketones is 1. The van der Waals surface area contributed by atoms with Crippen molar-refractivity contribution in [2.75, 3.05) is 19.7 Å². The number of sulfonamides is 1. The fourth-order valence-electron chi connectivity index (χ4n) is 2.57. The van der Waals surface area contributed by atoms with E-state index in [0.717, 1.165) is 28.1 Å². The normalized spacial score (nSPS) is 11.5. The number of rotatable bonds is 8. The van der Waals surface area contributed by atoms with E-state index in [1.807, 2.05) is 6.92 Å². The van der Waals surface area contributed by atoms with E-state index in [9.17, 15) is 22.4 Å². The first-order chi connectivity index (χ1) is 13.2. The Labute approximate surface area is 164 Å². The summed E-state index contributed by atoms with van der Waals surface area (Å²) in [6, 6.07) is 9.72. The van der Waals surface area contributed by atoms with Gasteiger partial charge in [-0.15, -0.1) is 0 Å². The molecule has 0 fully saturated rings. The molecule has 0 atom stereocenters. The molecular formula is C20H22FNO5S. The van der Waals surface area contributed by atoms with Gasteiger partial charge < -0.3 is 4.74 Å². The number of Topliss-reactive ketones (excluding diaryl/α,β-unsaturated/α-hetero) is 1. The smallest absolute Gasteiger partial charge is 0.338 e. The van der Waals surface area contributed by atoms with Gasteiger partial charge in [0.05, 0.1) is 5.56 Å². The van der Waals surface area contributed by atoms with E-state index in [1.54, 1.807) is 38.1 Å². The number of carbonyl (C=O) groups is 2. The van der Waals surface area contributed by atoms with Gasteiger partial charge in [-0.3, -0.25) is 4.79 Å². The monoisotopic (exact) mass is 407 g/mol. The lowest BCUT2D eigenvalue weighted by Crippen LogP contribution is -2.31. The molecule has 0 amide bonds. The molecule has 0 bridgehead atoms. The predicted octanol–water partition coefficient (Wildman–Crippen LogP) is 3.20. The number of ether oxygens (including phenoxy) is 1. The maximum absolute atomic E-state index is 14.1. The highest BCUT2D eigenvalue weighted by Gasteiger charge is 2.26. The lowest BCUT2D eigenvalue weighted by atomic mass is 10.1. The molecule has 0 radical (unpaired) electrons. The minimum Gasteiger partial charge on any atom is -0.454 e. The van der Waals surface area contributed by atoms with E-state index in [0.29, 0.717) is 5.56 Å². The van der Waals surface area contributed by atoms with E-state index >= 15 is 0 Å². The van der Waals surface area contributed by atoms with Crippen molar-refractivity contribution in [3.63, 3.8) is 0 Å². The maximum Gasteiger partial charge on any atom is 0.338 e. The van der Waals surface area contributed by atoms with Crippen LogP contribution in [0.3, 0.4) is 0 Å². The third kappa shape index (κ3) is 4.82. The molecule has 0 aromatic heterocycles. The Balaban J connectivity index is 2.18. The van der Waals surface area contributed by atoms with Crippen molar-refractivity contribution in [1.29, 1.82) is 0 Å². The summed E-state index contributed by atoms with van der Waals surface area (Å²) in [6.45, 7) is 4.97. The highest BCUT2D eigenvalue weighted by molar-refractivity contribution is 7.89. The Morgan fingerprint density at radius 3 is 2.14 bits per heavy atom. The van der Waals surface area contributed by atoms with Crippen LogP contribution in [0.5, 0.6) is 0 Å². The number of aryl methyl sites for hydroxylation is 1. The van der Waals surface area contributed by atoms with Crippen molar-refractivity contribution < 1.29 is 27.1 Å². The van der Waals surface area contributed by atoms with Crippen molar-refractivity contribution in [1.82, 2.24) is 4.31 Å². The SMILES string of the molecule is CCN(CC)S(=O)(=O)c1cc(C(=O)OCC(=O)c2ccc(C)cc2)ccc1F. The lowest BCUT2D eigenvalue weighted by molar-refractivity contribution is 0.0474. The van der Waals surface area contributed by atoms with Gasteiger partial charge in [0, 0.05) is 18.7 Å². The number of carbonyl (C=O) groups excluding carboxylic acids is 2. The van der Waals surface area contributed by atoms with E-state index < -0.39 is 39.1 Å². The molecule has 0 unspecified atom stereocenters. The molecule has 0 saturated carbocycles. The number of hydrogen-bond acceptors (Lipinski definition) is 5. The summed E-state index contributed by atoms with van der Waals surface area (Å²) in [7, 11) is -4.08. The molecule has 6 nitrogen and oxygen atoms in total. The Bertz CT molecular complexity index is 967. The summed E-state index contributed by atoms with van der Waals surface area (Å²) in [4.78, 5) is 23.7. The second-order valence-corrected chi connectivity index (χ2v) is 8.01. The molecule has 28 heavy (non-hydrogen) atoms. The van der Waals surface area contributed by atoms with Gasteiger partial charge in [-0.05, 0) is 25.1 Å². The van der Waals surface area contributed by atoms with E-state index in [4.69, 9.17) is 4.74 Å². The average Bonchev–Trinajstić information content (AvgIpc) is 2.67. The number of nitrogens with zero attached hydrogens (tertiary/aromatic N) is 1. The number of halogens is 1. The van der Waals surface area contributed by atoms with E-state index in [1.165, 1.54) is 0 Å². The molecule has 2 aromatic rings. The summed E-state index contributed by atoms with van der Waals surface area (Å²) in [5.41, 5.74) is 1.23. The van der Waals surface area contributed by atoms with Gasteiger partial charge in [0.1, 0.15) is 10.7 Å². The van der Waals surface area contributed by atoms with Gasteiger partial charge in [0.2, 0.25) is 10.0 Å². The minimum absolute atomic E-state index is 0.149. The fourth-order valence-corrected chi connectivity index (χ4v) is 4.12. The van der Waals surface area contributed by atoms with E-state index in [-0.39, 0.29) is 18.7 Å². The predicted molar refractivity (Wildman–Crippen MR) is 102 cm³/mol. The van der Waals surface area contributed by atoms with Crippen molar-refractivity contribution in [2.45, 2.75) is 25.7 Å². The molecule has 0 N–H and O–H groups in total. The Hall–Kier alpha value is -2.58. The van der Waals surface area contributed by atoms with Crippen molar-refractivity contribution in [2.24, 2.45) is 0 Å². The number of esters is 1. The average molecular weight is 407 g/mol. The topological polar surface area (TPSA) is 80.8 Å². The first-order valence-electron chi connectivity index (χ1n) is 8.77. The standard InChI is InChI=1S/C20H22FNO5S/c1-4-22(5-2)28(25,26)19-12-16(10-11-17(19)21)20(24)27-13-18(23)15-8-6-14(3)7-9-15/h6-12H,4-5,13H2,1-3H3. The molecular weight excluding hydrogens is 385 g/mol. The fraction of sp³-hybridized carbons (Fsp3) is 0.300. The molecule has 0 aliphatic carbocycles. The zero-order chi connectivity index (χ0) is 20.9. The number of hydrogen-bond donors (Lipinski definition) is 0. The molecule has 0 aliphatic rings. The number of benzene rings is 2. The molecule has 0 heterocycles. The third-order valence-corrected chi connectivity index (χ3v) is 6.26. The van der Waals surface area contributed by atoms with Gasteiger partial charge in [0.25, 0.3) is 0 Å². The van der Waals surface area contributed by atoms with Crippen LogP contribution < -0.4 is 0 Å². The molecule has 2 rings (SSSR count). The summed E-state index contributed by atoms with van der Waals surface area (Å²) < 4.78 is 45.3. The van der Waals surface area contributed by atoms with Gasteiger partial charge in [-0.2, -0.15) is 4.31 Å². The molecule has 0 spiro atoms. The zero-order valence-corrected chi connectivity index (χ0v) is 16.8. The Morgan fingerprint density at radius 1 is 1.00 bits per heavy atom. The third-order valence-electron chi connectivity index (χ3n) is 4.20. The van der Waals surface area contributed by atoms with E-state index in [2.05, 4.69) is 0 Å². The van der Waals surface area contributed by atoms with Gasteiger partial charge in [0.15, 0.2) is 12.4 Å². The van der Waals surface area contributed by atoms with Gasteiger partial charge >= 0.3 is 5.97 Å². The summed E-state index contributed by atoms with van der Waals surface area (Å²) in [6.07, 6.45) is 0. The van der Waals surface area contributed by atoms with Crippen LogP contribution in [-0.4, -0.2) is 44.2 Å². The summed E-state index contributed by atoms with van der Waals surface area (Å²) in [5.74, 6) is -2.26. The Kier molecular flexibility index (Phi) is 7.04. The second kappa shape index (κ2) is 9.07.